The topological polar surface area (TPSA) is 66.9 Å². The van der Waals surface area contributed by atoms with Crippen molar-refractivity contribution in [3.8, 4) is 0 Å². The van der Waals surface area contributed by atoms with Gasteiger partial charge in [0.15, 0.2) is 0 Å². The van der Waals surface area contributed by atoms with Gasteiger partial charge >= 0.3 is 0 Å². The average Bonchev–Trinajstić information content (AvgIpc) is 3.05. The molecule has 0 N–H and O–H groups in total. The lowest BCUT2D eigenvalue weighted by atomic mass is 10.2. The summed E-state index contributed by atoms with van der Waals surface area (Å²) in [5.74, 6) is -0.109. The van der Waals surface area contributed by atoms with Gasteiger partial charge in [-0.1, -0.05) is 6.42 Å². The van der Waals surface area contributed by atoms with Crippen LogP contribution in [0.5, 0.6) is 0 Å². The van der Waals surface area contributed by atoms with Crippen LogP contribution >= 0.6 is 11.3 Å². The van der Waals surface area contributed by atoms with Crippen molar-refractivity contribution in [1.29, 1.82) is 0 Å². The Kier molecular flexibility index (Phi) is 5.29. The Labute approximate surface area is 147 Å². The largest absolute Gasteiger partial charge is 0.372 e. The van der Waals surface area contributed by atoms with Gasteiger partial charge in [0.2, 0.25) is 10.0 Å². The molecule has 8 heteroatoms. The van der Waals surface area contributed by atoms with Gasteiger partial charge in [0.1, 0.15) is 0 Å². The number of carbonyl (C=O) groups excluding carboxylic acids is 1. The highest BCUT2D eigenvalue weighted by Crippen LogP contribution is 2.26. The summed E-state index contributed by atoms with van der Waals surface area (Å²) in [6.45, 7) is 6.09. The second-order valence-corrected chi connectivity index (χ2v) is 9.43. The maximum Gasteiger partial charge on any atom is 0.264 e. The quantitative estimate of drug-likeness (QED) is 0.816. The molecule has 0 bridgehead atoms. The fraction of sp³-hybridized carbons (Fsp3) is 0.688. The molecular formula is C16H24N2O4S2. The van der Waals surface area contributed by atoms with Crippen molar-refractivity contribution in [2.45, 2.75) is 50.2 Å². The Bertz CT molecular complexity index is 685. The summed E-state index contributed by atoms with van der Waals surface area (Å²) >= 11 is 1.21. The normalized spacial score (nSPS) is 26.5. The molecule has 2 aliphatic rings. The lowest BCUT2D eigenvalue weighted by Crippen LogP contribution is -2.48. The molecule has 24 heavy (non-hydrogen) atoms. The van der Waals surface area contributed by atoms with Gasteiger partial charge in [-0.25, -0.2) is 8.42 Å². The van der Waals surface area contributed by atoms with E-state index < -0.39 is 10.0 Å². The van der Waals surface area contributed by atoms with Crippen molar-refractivity contribution in [2.24, 2.45) is 0 Å². The fourth-order valence-corrected chi connectivity index (χ4v) is 6.07. The summed E-state index contributed by atoms with van der Waals surface area (Å²) in [6, 6.07) is 1.53. The Hall–Kier alpha value is -0.960. The van der Waals surface area contributed by atoms with Crippen LogP contribution in [0.15, 0.2) is 16.3 Å². The molecule has 6 nitrogen and oxygen atoms in total. The summed E-state index contributed by atoms with van der Waals surface area (Å²) in [6.07, 6.45) is 2.87. The number of piperidine rings is 1. The minimum Gasteiger partial charge on any atom is -0.372 e. The number of nitrogens with zero attached hydrogens (tertiary/aromatic N) is 2. The van der Waals surface area contributed by atoms with E-state index in [4.69, 9.17) is 4.74 Å². The number of hydrogen-bond acceptors (Lipinski definition) is 5. The number of rotatable bonds is 3. The van der Waals surface area contributed by atoms with Crippen LogP contribution in [0, 0.1) is 0 Å². The SMILES string of the molecule is C[C@H]1CN(C(=O)c2cc(S(=O)(=O)N3CCCCC3)cs2)C[C@H](C)O1. The standard InChI is InChI=1S/C16H24N2O4S2/c1-12-9-17(10-13(2)22-12)16(19)15-8-14(11-23-15)24(20,21)18-6-4-3-5-7-18/h8,11-13H,3-7,9-10H2,1-2H3/t12-,13-/m0/s1. The van der Waals surface area contributed by atoms with Crippen molar-refractivity contribution in [2.75, 3.05) is 26.2 Å². The number of thiophene rings is 1. The Morgan fingerprint density at radius 3 is 2.42 bits per heavy atom. The first kappa shape index (κ1) is 17.8. The number of sulfonamides is 1. The zero-order valence-electron chi connectivity index (χ0n) is 14.1. The number of amides is 1. The van der Waals surface area contributed by atoms with E-state index in [1.807, 2.05) is 13.8 Å². The third kappa shape index (κ3) is 3.66. The highest BCUT2D eigenvalue weighted by Gasteiger charge is 2.30. The number of hydrogen-bond donors (Lipinski definition) is 0. The lowest BCUT2D eigenvalue weighted by Gasteiger charge is -2.35. The molecule has 3 rings (SSSR count). The molecule has 1 amide bonds. The van der Waals surface area contributed by atoms with Crippen molar-refractivity contribution < 1.29 is 17.9 Å². The van der Waals surface area contributed by atoms with E-state index in [1.165, 1.54) is 21.7 Å². The number of ether oxygens (including phenoxy) is 1. The van der Waals surface area contributed by atoms with Crippen molar-refractivity contribution in [3.63, 3.8) is 0 Å². The van der Waals surface area contributed by atoms with Crippen molar-refractivity contribution >= 4 is 27.3 Å². The van der Waals surface area contributed by atoms with E-state index in [0.717, 1.165) is 19.3 Å². The Balaban J connectivity index is 1.76. The van der Waals surface area contributed by atoms with Gasteiger partial charge in [0.25, 0.3) is 5.91 Å². The first-order valence-corrected chi connectivity index (χ1v) is 10.7. The molecule has 0 aromatic carbocycles. The number of carbonyl (C=O) groups is 1. The van der Waals surface area contributed by atoms with E-state index in [2.05, 4.69) is 0 Å². The first-order valence-electron chi connectivity index (χ1n) is 8.41. The van der Waals surface area contributed by atoms with Crippen LogP contribution in [0.2, 0.25) is 0 Å². The summed E-state index contributed by atoms with van der Waals surface area (Å²) in [4.78, 5) is 15.2. The minimum absolute atomic E-state index is 0.00536. The molecule has 0 unspecified atom stereocenters. The summed E-state index contributed by atoms with van der Waals surface area (Å²) < 4.78 is 32.6. The van der Waals surface area contributed by atoms with Crippen molar-refractivity contribution in [3.05, 3.63) is 16.3 Å². The fourth-order valence-electron chi connectivity index (χ4n) is 3.32. The molecule has 1 aromatic rings. The Morgan fingerprint density at radius 1 is 1.17 bits per heavy atom. The second kappa shape index (κ2) is 7.11. The summed E-state index contributed by atoms with van der Waals surface area (Å²) in [5, 5.41) is 1.59. The van der Waals surface area contributed by atoms with E-state index in [9.17, 15) is 13.2 Å². The van der Waals surface area contributed by atoms with Crippen LogP contribution in [-0.2, 0) is 14.8 Å². The molecule has 0 saturated carbocycles. The van der Waals surface area contributed by atoms with E-state index in [1.54, 1.807) is 10.3 Å². The number of morpholine rings is 1. The lowest BCUT2D eigenvalue weighted by molar-refractivity contribution is -0.0585. The highest BCUT2D eigenvalue weighted by atomic mass is 32.2. The van der Waals surface area contributed by atoms with E-state index in [0.29, 0.717) is 31.1 Å². The van der Waals surface area contributed by atoms with Crippen LogP contribution in [-0.4, -0.2) is 61.9 Å². The zero-order chi connectivity index (χ0) is 17.3. The van der Waals surface area contributed by atoms with Gasteiger partial charge in [0, 0.05) is 31.6 Å². The molecule has 0 spiro atoms. The molecule has 0 radical (unpaired) electrons. The highest BCUT2D eigenvalue weighted by molar-refractivity contribution is 7.89. The van der Waals surface area contributed by atoms with Gasteiger partial charge in [-0.3, -0.25) is 4.79 Å². The van der Waals surface area contributed by atoms with Crippen LogP contribution in [0.25, 0.3) is 0 Å². The van der Waals surface area contributed by atoms with Crippen LogP contribution in [0.4, 0.5) is 0 Å². The molecule has 2 fully saturated rings. The molecule has 3 heterocycles. The molecule has 0 aliphatic carbocycles. The smallest absolute Gasteiger partial charge is 0.264 e. The van der Waals surface area contributed by atoms with Crippen molar-refractivity contribution in [1.82, 2.24) is 9.21 Å². The molecular weight excluding hydrogens is 348 g/mol. The van der Waals surface area contributed by atoms with Gasteiger partial charge in [-0.15, -0.1) is 11.3 Å². The predicted molar refractivity (Wildman–Crippen MR) is 92.8 cm³/mol. The molecule has 134 valence electrons. The monoisotopic (exact) mass is 372 g/mol. The van der Waals surface area contributed by atoms with E-state index >= 15 is 0 Å². The summed E-state index contributed by atoms with van der Waals surface area (Å²) in [5.41, 5.74) is 0. The maximum absolute atomic E-state index is 12.7. The minimum atomic E-state index is -3.48. The van der Waals surface area contributed by atoms with Gasteiger partial charge < -0.3 is 9.64 Å². The zero-order valence-corrected chi connectivity index (χ0v) is 15.7. The average molecular weight is 373 g/mol. The first-order chi connectivity index (χ1) is 11.4. The molecule has 2 saturated heterocycles. The van der Waals surface area contributed by atoms with Crippen LogP contribution in [0.3, 0.4) is 0 Å². The van der Waals surface area contributed by atoms with Gasteiger partial charge in [0.05, 0.1) is 22.0 Å². The molecule has 2 atom stereocenters. The maximum atomic E-state index is 12.7. The van der Waals surface area contributed by atoms with Gasteiger partial charge in [-0.05, 0) is 32.8 Å². The van der Waals surface area contributed by atoms with E-state index in [-0.39, 0.29) is 23.0 Å². The Morgan fingerprint density at radius 2 is 1.79 bits per heavy atom. The van der Waals surface area contributed by atoms with Gasteiger partial charge in [-0.2, -0.15) is 4.31 Å². The third-order valence-corrected chi connectivity index (χ3v) is 7.39. The molecule has 2 aliphatic heterocycles. The van der Waals surface area contributed by atoms with Crippen LogP contribution < -0.4 is 0 Å². The summed E-state index contributed by atoms with van der Waals surface area (Å²) in [7, 11) is -3.48. The predicted octanol–water partition coefficient (Wildman–Crippen LogP) is 2.17. The second-order valence-electron chi connectivity index (χ2n) is 6.58. The van der Waals surface area contributed by atoms with Crippen LogP contribution in [0.1, 0.15) is 42.8 Å². The third-order valence-electron chi connectivity index (χ3n) is 4.45. The molecule has 1 aromatic heterocycles.